The quantitative estimate of drug-likeness (QED) is 0.0953. The molecule has 0 saturated heterocycles. The van der Waals surface area contributed by atoms with E-state index in [9.17, 15) is 18.0 Å². The summed E-state index contributed by atoms with van der Waals surface area (Å²) in [7, 11) is 3.56. The zero-order chi connectivity index (χ0) is 34.7. The van der Waals surface area contributed by atoms with Gasteiger partial charge < -0.3 is 30.0 Å². The number of aliphatic hydroxyl groups excluding tert-OH is 1. The molecule has 0 aliphatic heterocycles. The summed E-state index contributed by atoms with van der Waals surface area (Å²) in [6, 6.07) is 0. The minimum absolute atomic E-state index is 0.0424. The number of carbonyl (C=O) groups excluding carboxylic acids is 1. The van der Waals surface area contributed by atoms with E-state index >= 15 is 0 Å². The number of aliphatic carboxylic acids is 1. The van der Waals surface area contributed by atoms with Crippen LogP contribution in [0.3, 0.4) is 0 Å². The van der Waals surface area contributed by atoms with Gasteiger partial charge in [0.05, 0.1) is 17.9 Å². The Bertz CT molecular complexity index is 1190. The fourth-order valence-electron chi connectivity index (χ4n) is 5.19. The van der Waals surface area contributed by atoms with Crippen molar-refractivity contribution in [2.45, 2.75) is 59.8 Å². The van der Waals surface area contributed by atoms with Gasteiger partial charge in [-0.25, -0.2) is 18.0 Å². The number of hydrogen-bond acceptors (Lipinski definition) is 6. The second-order valence-electron chi connectivity index (χ2n) is 11.0. The zero-order valence-electron chi connectivity index (χ0n) is 27.5. The number of ether oxygens (including phenoxy) is 1. The van der Waals surface area contributed by atoms with Gasteiger partial charge in [0, 0.05) is 50.7 Å². The molecule has 11 heteroatoms. The number of carboxylic acid groups (broad SMARTS) is 1. The van der Waals surface area contributed by atoms with Crippen molar-refractivity contribution in [3.63, 3.8) is 0 Å². The summed E-state index contributed by atoms with van der Waals surface area (Å²) in [6.07, 6.45) is 9.25. The molecule has 2 aliphatic rings. The van der Waals surface area contributed by atoms with Gasteiger partial charge in [-0.05, 0) is 80.9 Å². The summed E-state index contributed by atoms with van der Waals surface area (Å²) in [4.78, 5) is 21.1. The van der Waals surface area contributed by atoms with Crippen LogP contribution in [0.15, 0.2) is 81.4 Å². The molecule has 7 nitrogen and oxygen atoms in total. The third-order valence-corrected chi connectivity index (χ3v) is 7.79. The molecule has 0 fully saturated rings. The Morgan fingerprint density at radius 1 is 1.20 bits per heavy atom. The maximum atomic E-state index is 14.7. The van der Waals surface area contributed by atoms with Gasteiger partial charge in [0.25, 0.3) is 0 Å². The van der Waals surface area contributed by atoms with Crippen molar-refractivity contribution in [1.82, 2.24) is 10.2 Å². The zero-order valence-corrected chi connectivity index (χ0v) is 28.2. The largest absolute Gasteiger partial charge is 0.478 e. The number of methoxy groups -OCH3 is 1. The number of rotatable bonds is 15. The van der Waals surface area contributed by atoms with Crippen LogP contribution in [0.1, 0.15) is 59.8 Å². The van der Waals surface area contributed by atoms with Crippen LogP contribution in [0.4, 0.5) is 13.2 Å². The fraction of sp³-hybridized carbons (Fsp3) is 0.529. The SMILES string of the molecule is C=C(/C=C\C(=C(/C)Cl)N(C)CC(CC)(CCNCC1=C(C2=C(F)C(F)=C(F)CC2)CC(C)C=C1)COC)C(=O)O.C=O.CCO. The molecule has 0 amide bonds. The molecule has 254 valence electrons. The lowest BCUT2D eigenvalue weighted by atomic mass is 9.81. The second kappa shape index (κ2) is 21.8. The summed E-state index contributed by atoms with van der Waals surface area (Å²) in [5.74, 6) is -4.40. The summed E-state index contributed by atoms with van der Waals surface area (Å²) >= 11 is 6.36. The molecule has 2 aliphatic carbocycles. The molecule has 45 heavy (non-hydrogen) atoms. The van der Waals surface area contributed by atoms with Gasteiger partial charge in [-0.15, -0.1) is 0 Å². The summed E-state index contributed by atoms with van der Waals surface area (Å²) in [5.41, 5.74) is 2.30. The molecule has 0 aromatic heterocycles. The number of aliphatic hydroxyl groups is 1. The second-order valence-corrected chi connectivity index (χ2v) is 11.6. The molecule has 0 aromatic rings. The number of hydrogen-bond donors (Lipinski definition) is 3. The van der Waals surface area contributed by atoms with E-state index in [1.807, 2.05) is 31.7 Å². The van der Waals surface area contributed by atoms with E-state index in [4.69, 9.17) is 31.3 Å². The van der Waals surface area contributed by atoms with Crippen LogP contribution in [-0.2, 0) is 14.3 Å². The first-order valence-corrected chi connectivity index (χ1v) is 15.3. The highest BCUT2D eigenvalue weighted by Crippen LogP contribution is 2.40. The van der Waals surface area contributed by atoms with Crippen molar-refractivity contribution in [1.29, 1.82) is 0 Å². The highest BCUT2D eigenvalue weighted by atomic mass is 35.5. The van der Waals surface area contributed by atoms with E-state index in [0.29, 0.717) is 43.4 Å². The molecule has 0 heterocycles. The number of likely N-dealkylation sites (N-methyl/N-ethyl adjacent to an activating group) is 1. The molecule has 2 atom stereocenters. The average Bonchev–Trinajstić information content (AvgIpc) is 3.00. The lowest BCUT2D eigenvalue weighted by Gasteiger charge is -2.37. The Balaban J connectivity index is 0.00000364. The molecule has 0 aromatic carbocycles. The van der Waals surface area contributed by atoms with Gasteiger partial charge in [0.15, 0.2) is 11.7 Å². The fourth-order valence-corrected chi connectivity index (χ4v) is 5.40. The Labute approximate surface area is 271 Å². The molecule has 0 radical (unpaired) electrons. The highest BCUT2D eigenvalue weighted by molar-refractivity contribution is 6.29. The van der Waals surface area contributed by atoms with Crippen LogP contribution >= 0.6 is 11.6 Å². The lowest BCUT2D eigenvalue weighted by Crippen LogP contribution is -2.40. The maximum absolute atomic E-state index is 14.7. The van der Waals surface area contributed by atoms with E-state index in [1.165, 1.54) is 6.08 Å². The van der Waals surface area contributed by atoms with Crippen LogP contribution in [0.2, 0.25) is 0 Å². The Morgan fingerprint density at radius 2 is 1.82 bits per heavy atom. The van der Waals surface area contributed by atoms with Crippen LogP contribution in [0.25, 0.3) is 0 Å². The first-order valence-electron chi connectivity index (χ1n) is 14.9. The Kier molecular flexibility index (Phi) is 20.3. The monoisotopic (exact) mass is 658 g/mol. The van der Waals surface area contributed by atoms with Crippen molar-refractivity contribution in [3.05, 3.63) is 81.4 Å². The number of carbonyl (C=O) groups is 2. The predicted molar refractivity (Wildman–Crippen MR) is 176 cm³/mol. The van der Waals surface area contributed by atoms with Crippen LogP contribution in [0, 0.1) is 11.3 Å². The van der Waals surface area contributed by atoms with Gasteiger partial charge in [0.1, 0.15) is 12.6 Å². The van der Waals surface area contributed by atoms with Crippen molar-refractivity contribution in [2.75, 3.05) is 47.0 Å². The first kappa shape index (κ1) is 42.1. The van der Waals surface area contributed by atoms with Crippen LogP contribution in [0.5, 0.6) is 0 Å². The molecule has 0 bridgehead atoms. The van der Waals surface area contributed by atoms with Crippen molar-refractivity contribution in [2.24, 2.45) is 11.3 Å². The van der Waals surface area contributed by atoms with Crippen molar-refractivity contribution in [3.8, 4) is 0 Å². The predicted octanol–water partition coefficient (Wildman–Crippen LogP) is 7.48. The molecule has 2 unspecified atom stereocenters. The molecular weight excluding hydrogens is 609 g/mol. The molecule has 2 rings (SSSR count). The van der Waals surface area contributed by atoms with E-state index in [0.717, 1.165) is 24.0 Å². The van der Waals surface area contributed by atoms with Gasteiger partial charge >= 0.3 is 5.97 Å². The summed E-state index contributed by atoms with van der Waals surface area (Å²) in [6.45, 7) is 15.5. The van der Waals surface area contributed by atoms with E-state index in [1.54, 1.807) is 27.0 Å². The number of halogens is 4. The molecule has 0 spiro atoms. The number of allylic oxidation sites excluding steroid dienone is 8. The van der Waals surface area contributed by atoms with Gasteiger partial charge in [-0.1, -0.05) is 44.2 Å². The van der Waals surface area contributed by atoms with E-state index in [2.05, 4.69) is 24.9 Å². The molecule has 3 N–H and O–H groups in total. The summed E-state index contributed by atoms with van der Waals surface area (Å²) < 4.78 is 48.0. The molecule has 0 saturated carbocycles. The minimum atomic E-state index is -1.37. The maximum Gasteiger partial charge on any atom is 0.335 e. The Hall–Kier alpha value is -2.92. The van der Waals surface area contributed by atoms with Crippen molar-refractivity contribution < 1.29 is 37.7 Å². The smallest absolute Gasteiger partial charge is 0.335 e. The normalized spacial score (nSPS) is 18.5. The third kappa shape index (κ3) is 13.5. The topological polar surface area (TPSA) is 99.1 Å². The number of nitrogens with one attached hydrogen (secondary N) is 1. The van der Waals surface area contributed by atoms with Crippen LogP contribution in [-0.4, -0.2) is 74.9 Å². The van der Waals surface area contributed by atoms with Gasteiger partial charge in [0.2, 0.25) is 0 Å². The summed E-state index contributed by atoms with van der Waals surface area (Å²) in [5, 5.41) is 20.7. The van der Waals surface area contributed by atoms with E-state index < -0.39 is 23.4 Å². The number of carboxylic acids is 1. The first-order chi connectivity index (χ1) is 21.3. The molecular formula is C34H50ClF3N2O5. The van der Waals surface area contributed by atoms with Gasteiger partial charge in [-0.3, -0.25) is 0 Å². The third-order valence-electron chi connectivity index (χ3n) is 7.60. The highest BCUT2D eigenvalue weighted by Gasteiger charge is 2.31. The van der Waals surface area contributed by atoms with Crippen LogP contribution < -0.4 is 5.32 Å². The van der Waals surface area contributed by atoms with Crippen molar-refractivity contribution >= 4 is 24.4 Å². The Morgan fingerprint density at radius 3 is 2.36 bits per heavy atom. The minimum Gasteiger partial charge on any atom is -0.478 e. The average molecular weight is 659 g/mol. The number of nitrogens with zero attached hydrogens (tertiary/aromatic N) is 1. The standard InChI is InChI=1S/C31H42ClF3N2O3.C2H6O.CH2O/c1-7-31(19-40-6,18-37(5)27(22(4)32)13-9-21(3)30(38)39)14-15-36-17-23-10-8-20(2)16-25(23)24-11-12-26(33)29(35)28(24)34;1-2-3;1-2/h8-10,13,20,36H,3,7,11-12,14-19H2,1-2,4-6H3,(H,38,39);3H,2H2,1H3;1H2/b13-9-,27-22-;;. The van der Waals surface area contributed by atoms with E-state index in [-0.39, 0.29) is 41.9 Å². The van der Waals surface area contributed by atoms with Gasteiger partial charge in [-0.2, -0.15) is 0 Å². The lowest BCUT2D eigenvalue weighted by molar-refractivity contribution is -0.132.